The van der Waals surface area contributed by atoms with E-state index in [2.05, 4.69) is 5.16 Å². The molecule has 1 fully saturated rings. The topological polar surface area (TPSA) is 79.3 Å². The van der Waals surface area contributed by atoms with E-state index >= 15 is 0 Å². The van der Waals surface area contributed by atoms with Crippen molar-refractivity contribution in [2.24, 2.45) is 0 Å². The van der Waals surface area contributed by atoms with E-state index in [4.69, 9.17) is 9.26 Å². The third kappa shape index (κ3) is 2.18. The van der Waals surface area contributed by atoms with Crippen molar-refractivity contribution < 1.29 is 9.26 Å². The molecule has 1 saturated carbocycles. The van der Waals surface area contributed by atoms with Crippen LogP contribution in [0.2, 0.25) is 0 Å². The van der Waals surface area contributed by atoms with Crippen molar-refractivity contribution in [3.8, 4) is 5.88 Å². The van der Waals surface area contributed by atoms with Crippen molar-refractivity contribution >= 4 is 0 Å². The third-order valence-corrected chi connectivity index (χ3v) is 3.10. The minimum Gasteiger partial charge on any atom is -0.479 e. The lowest BCUT2D eigenvalue weighted by atomic mass is 10.4. The molecule has 0 aliphatic heterocycles. The lowest BCUT2D eigenvalue weighted by Gasteiger charge is -2.06. The van der Waals surface area contributed by atoms with Crippen LogP contribution in [-0.2, 0) is 6.54 Å². The summed E-state index contributed by atoms with van der Waals surface area (Å²) in [6, 6.07) is 3.18. The Hall–Kier alpha value is -2.31. The summed E-state index contributed by atoms with van der Waals surface area (Å²) in [5.74, 6) is 0.728. The Morgan fingerprint density at radius 3 is 2.89 bits per heavy atom. The second-order valence-electron chi connectivity index (χ2n) is 4.50. The Labute approximate surface area is 108 Å². The monoisotopic (exact) mass is 263 g/mol. The molecule has 0 atom stereocenters. The number of ether oxygens (including phenoxy) is 1. The van der Waals surface area contributed by atoms with Crippen molar-refractivity contribution in [3.63, 3.8) is 0 Å². The fourth-order valence-electron chi connectivity index (χ4n) is 1.93. The smallest absolute Gasteiger partial charge is 0.331 e. The molecule has 0 N–H and O–H groups in total. The quantitative estimate of drug-likeness (QED) is 0.797. The van der Waals surface area contributed by atoms with E-state index in [9.17, 15) is 9.59 Å². The van der Waals surface area contributed by atoms with E-state index in [1.807, 2.05) is 0 Å². The maximum Gasteiger partial charge on any atom is 0.331 e. The Morgan fingerprint density at radius 1 is 1.47 bits per heavy atom. The summed E-state index contributed by atoms with van der Waals surface area (Å²) in [5.41, 5.74) is -0.664. The minimum atomic E-state index is -0.350. The standard InChI is InChI=1S/C12H13N3O4/c1-18-10-6-9(19-13-10)7-15-11(16)4-5-14(12(15)17)8-2-3-8/h4-6,8H,2-3,7H2,1H3. The SMILES string of the molecule is COc1cc(Cn2c(=O)ccn(C3CC3)c2=O)on1. The van der Waals surface area contributed by atoms with Crippen LogP contribution in [0.25, 0.3) is 0 Å². The summed E-state index contributed by atoms with van der Waals surface area (Å²) < 4.78 is 12.6. The van der Waals surface area contributed by atoms with Gasteiger partial charge in [0.25, 0.3) is 11.4 Å². The first-order valence-electron chi connectivity index (χ1n) is 6.00. The van der Waals surface area contributed by atoms with Gasteiger partial charge in [0, 0.05) is 24.4 Å². The predicted octanol–water partition coefficient (Wildman–Crippen LogP) is 0.390. The predicted molar refractivity (Wildman–Crippen MR) is 65.4 cm³/mol. The molecule has 0 bridgehead atoms. The average molecular weight is 263 g/mol. The number of methoxy groups -OCH3 is 1. The van der Waals surface area contributed by atoms with Crippen molar-refractivity contribution in [1.82, 2.24) is 14.3 Å². The molecule has 1 aliphatic carbocycles. The Morgan fingerprint density at radius 2 is 2.26 bits per heavy atom. The molecule has 0 spiro atoms. The van der Waals surface area contributed by atoms with Crippen LogP contribution in [0.5, 0.6) is 5.88 Å². The van der Waals surface area contributed by atoms with Crippen LogP contribution in [0.1, 0.15) is 24.6 Å². The molecule has 7 heteroatoms. The molecule has 2 aromatic heterocycles. The second-order valence-corrected chi connectivity index (χ2v) is 4.50. The molecule has 0 amide bonds. The molecule has 7 nitrogen and oxygen atoms in total. The van der Waals surface area contributed by atoms with Crippen LogP contribution < -0.4 is 16.0 Å². The summed E-state index contributed by atoms with van der Waals surface area (Å²) in [6.45, 7) is 0.0571. The number of rotatable bonds is 4. The Bertz CT molecular complexity index is 708. The van der Waals surface area contributed by atoms with Gasteiger partial charge in [-0.15, -0.1) is 0 Å². The molecule has 0 saturated heterocycles. The maximum absolute atomic E-state index is 12.2. The number of hydrogen-bond acceptors (Lipinski definition) is 5. The highest BCUT2D eigenvalue weighted by Crippen LogP contribution is 2.32. The van der Waals surface area contributed by atoms with Gasteiger partial charge in [-0.1, -0.05) is 0 Å². The normalized spacial score (nSPS) is 14.6. The second kappa shape index (κ2) is 4.42. The first-order valence-corrected chi connectivity index (χ1v) is 6.00. The van der Waals surface area contributed by atoms with Crippen LogP contribution in [0.15, 0.2) is 32.4 Å². The summed E-state index contributed by atoms with van der Waals surface area (Å²) in [4.78, 5) is 24.0. The summed E-state index contributed by atoms with van der Waals surface area (Å²) in [6.07, 6.45) is 3.52. The van der Waals surface area contributed by atoms with Crippen molar-refractivity contribution in [2.45, 2.75) is 25.4 Å². The van der Waals surface area contributed by atoms with Crippen LogP contribution in [-0.4, -0.2) is 21.4 Å². The van der Waals surface area contributed by atoms with Crippen molar-refractivity contribution in [3.05, 3.63) is 44.9 Å². The fourth-order valence-corrected chi connectivity index (χ4v) is 1.93. The van der Waals surface area contributed by atoms with Gasteiger partial charge in [-0.2, -0.15) is 0 Å². The maximum atomic E-state index is 12.2. The van der Waals surface area contributed by atoms with Gasteiger partial charge >= 0.3 is 5.69 Å². The van der Waals surface area contributed by atoms with E-state index in [-0.39, 0.29) is 23.8 Å². The van der Waals surface area contributed by atoms with Crippen molar-refractivity contribution in [2.75, 3.05) is 7.11 Å². The summed E-state index contributed by atoms with van der Waals surface area (Å²) in [5, 5.41) is 3.64. The van der Waals surface area contributed by atoms with E-state index < -0.39 is 0 Å². The number of nitrogens with zero attached hydrogens (tertiary/aromatic N) is 3. The van der Waals surface area contributed by atoms with Crippen LogP contribution >= 0.6 is 0 Å². The van der Waals surface area contributed by atoms with Gasteiger partial charge in [0.05, 0.1) is 13.7 Å². The molecule has 0 unspecified atom stereocenters. The largest absolute Gasteiger partial charge is 0.479 e. The third-order valence-electron chi connectivity index (χ3n) is 3.10. The highest BCUT2D eigenvalue weighted by molar-refractivity contribution is 5.11. The van der Waals surface area contributed by atoms with Gasteiger partial charge in [-0.25, -0.2) is 4.79 Å². The van der Waals surface area contributed by atoms with Gasteiger partial charge in [0.2, 0.25) is 0 Å². The first kappa shape index (κ1) is 11.8. The molecule has 3 rings (SSSR count). The van der Waals surface area contributed by atoms with Crippen LogP contribution in [0.3, 0.4) is 0 Å². The molecular weight excluding hydrogens is 250 g/mol. The molecule has 1 aliphatic rings. The number of aromatic nitrogens is 3. The fraction of sp³-hybridized carbons (Fsp3) is 0.417. The van der Waals surface area contributed by atoms with E-state index in [0.29, 0.717) is 11.6 Å². The highest BCUT2D eigenvalue weighted by Gasteiger charge is 2.25. The lowest BCUT2D eigenvalue weighted by molar-refractivity contribution is 0.322. The van der Waals surface area contributed by atoms with Gasteiger partial charge in [0.15, 0.2) is 5.76 Å². The molecule has 100 valence electrons. The zero-order valence-electron chi connectivity index (χ0n) is 10.4. The van der Waals surface area contributed by atoms with E-state index in [1.165, 1.54) is 13.2 Å². The molecule has 2 aromatic rings. The summed E-state index contributed by atoms with van der Waals surface area (Å²) in [7, 11) is 1.47. The van der Waals surface area contributed by atoms with E-state index in [1.54, 1.807) is 16.8 Å². The summed E-state index contributed by atoms with van der Waals surface area (Å²) >= 11 is 0. The minimum absolute atomic E-state index is 0.0571. The molecule has 19 heavy (non-hydrogen) atoms. The van der Waals surface area contributed by atoms with E-state index in [0.717, 1.165) is 17.4 Å². The van der Waals surface area contributed by atoms with Crippen molar-refractivity contribution in [1.29, 1.82) is 0 Å². The van der Waals surface area contributed by atoms with Crippen LogP contribution in [0, 0.1) is 0 Å². The first-order chi connectivity index (χ1) is 9.19. The van der Waals surface area contributed by atoms with Gasteiger partial charge in [-0.05, 0) is 18.0 Å². The van der Waals surface area contributed by atoms with Crippen LogP contribution in [0.4, 0.5) is 0 Å². The van der Waals surface area contributed by atoms with Gasteiger partial charge in [0.1, 0.15) is 0 Å². The Kier molecular flexibility index (Phi) is 2.73. The van der Waals surface area contributed by atoms with Gasteiger partial charge < -0.3 is 9.26 Å². The molecule has 2 heterocycles. The number of hydrogen-bond donors (Lipinski definition) is 0. The Balaban J connectivity index is 1.97. The molecular formula is C12H13N3O4. The molecule has 0 radical (unpaired) electrons. The zero-order valence-corrected chi connectivity index (χ0v) is 10.4. The van der Waals surface area contributed by atoms with Gasteiger partial charge in [-0.3, -0.25) is 13.9 Å². The average Bonchev–Trinajstić information content (AvgIpc) is 3.13. The lowest BCUT2D eigenvalue weighted by Crippen LogP contribution is -2.38. The zero-order chi connectivity index (χ0) is 13.4. The highest BCUT2D eigenvalue weighted by atomic mass is 16.5. The molecule has 0 aromatic carbocycles.